The number of ether oxygens (including phenoxy) is 1. The number of nitrogens with one attached hydrogen (secondary N) is 2. The third-order valence-corrected chi connectivity index (χ3v) is 8.68. The van der Waals surface area contributed by atoms with Crippen LogP contribution in [0.5, 0.6) is 0 Å². The molecule has 0 saturated carbocycles. The van der Waals surface area contributed by atoms with Crippen LogP contribution in [0, 0.1) is 11.8 Å². The van der Waals surface area contributed by atoms with E-state index >= 15 is 0 Å². The van der Waals surface area contributed by atoms with Gasteiger partial charge in [0.05, 0.1) is 18.7 Å². The molecule has 3 rings (SSSR count). The van der Waals surface area contributed by atoms with Gasteiger partial charge in [-0.25, -0.2) is 0 Å². The Hall–Kier alpha value is -3.85. The first-order valence-electron chi connectivity index (χ1n) is 16.5. The van der Waals surface area contributed by atoms with E-state index in [9.17, 15) is 24.0 Å². The molecular formula is C37H51N3O6. The zero-order valence-electron chi connectivity index (χ0n) is 28.2. The molecule has 46 heavy (non-hydrogen) atoms. The Morgan fingerprint density at radius 3 is 1.96 bits per heavy atom. The number of rotatable bonds is 19. The third-order valence-electron chi connectivity index (χ3n) is 8.68. The smallest absolute Gasteiger partial charge is 0.243 e. The van der Waals surface area contributed by atoms with Gasteiger partial charge in [0.1, 0.15) is 11.6 Å². The van der Waals surface area contributed by atoms with Crippen LogP contribution in [0.25, 0.3) is 0 Å². The van der Waals surface area contributed by atoms with Crippen molar-refractivity contribution in [2.24, 2.45) is 11.8 Å². The number of carbonyl (C=O) groups excluding carboxylic acids is 5. The van der Waals surface area contributed by atoms with Crippen LogP contribution in [-0.4, -0.2) is 71.6 Å². The van der Waals surface area contributed by atoms with Gasteiger partial charge in [0, 0.05) is 26.3 Å². The molecule has 9 heteroatoms. The van der Waals surface area contributed by atoms with Gasteiger partial charge in [-0.2, -0.15) is 0 Å². The fraction of sp³-hybridized carbons (Fsp3) is 0.541. The number of hydrogen-bond acceptors (Lipinski definition) is 6. The minimum atomic E-state index is -0.891. The van der Waals surface area contributed by atoms with E-state index in [2.05, 4.69) is 10.6 Å². The summed E-state index contributed by atoms with van der Waals surface area (Å²) in [5, 5.41) is 5.88. The van der Waals surface area contributed by atoms with Gasteiger partial charge in [0.15, 0.2) is 11.6 Å². The topological polar surface area (TPSA) is 125 Å². The summed E-state index contributed by atoms with van der Waals surface area (Å²) in [5.74, 6) is -2.05. The average Bonchev–Trinajstić information content (AvgIpc) is 3.78. The number of aryl methyl sites for hydroxylation is 1. The van der Waals surface area contributed by atoms with Gasteiger partial charge in [-0.05, 0) is 56.1 Å². The van der Waals surface area contributed by atoms with Crippen LogP contribution in [0.3, 0.4) is 0 Å². The van der Waals surface area contributed by atoms with Crippen molar-refractivity contribution in [3.63, 3.8) is 0 Å². The Kier molecular flexibility index (Phi) is 13.7. The first kappa shape index (κ1) is 36.6. The Morgan fingerprint density at radius 2 is 1.43 bits per heavy atom. The van der Waals surface area contributed by atoms with Gasteiger partial charge >= 0.3 is 0 Å². The number of hydrogen-bond donors (Lipinski definition) is 2. The molecule has 2 aromatic carbocycles. The molecule has 2 N–H and O–H groups in total. The lowest BCUT2D eigenvalue weighted by Crippen LogP contribution is -2.52. The number of nitrogens with zero attached hydrogens (tertiary/aromatic N) is 1. The highest BCUT2D eigenvalue weighted by Crippen LogP contribution is 2.30. The number of benzene rings is 2. The van der Waals surface area contributed by atoms with Crippen LogP contribution in [0.15, 0.2) is 60.7 Å². The standard InChI is InChI=1S/C37H51N3O6/c1-7-14-30(38-36(45)32(40(6)26(4)41)20-19-27-15-10-8-11-16-27)33(42)23-29(22-28-17-12-9-13-18-28)35(44)39-31(21-25(2)3)34(43)37(5)24-46-37/h8-13,15-18,25,29-32H,7,14,19-24H2,1-6H3,(H,38,45)(H,39,44)/t29-,30+,31+,32+,37-/m1/s1. The maximum absolute atomic E-state index is 13.9. The van der Waals surface area contributed by atoms with E-state index < -0.39 is 35.6 Å². The summed E-state index contributed by atoms with van der Waals surface area (Å²) in [4.78, 5) is 68.3. The van der Waals surface area contributed by atoms with Gasteiger partial charge in [-0.1, -0.05) is 87.9 Å². The molecule has 1 aliphatic rings. The van der Waals surface area contributed by atoms with Crippen molar-refractivity contribution in [3.8, 4) is 0 Å². The van der Waals surface area contributed by atoms with Crippen LogP contribution in [0.4, 0.5) is 0 Å². The van der Waals surface area contributed by atoms with Crippen LogP contribution in [-0.2, 0) is 41.6 Å². The van der Waals surface area contributed by atoms with Crippen molar-refractivity contribution in [3.05, 3.63) is 71.8 Å². The summed E-state index contributed by atoms with van der Waals surface area (Å²) < 4.78 is 5.39. The molecule has 2 aromatic rings. The lowest BCUT2D eigenvalue weighted by atomic mass is 9.88. The van der Waals surface area contributed by atoms with Gasteiger partial charge in [0.2, 0.25) is 17.7 Å². The van der Waals surface area contributed by atoms with E-state index in [0.29, 0.717) is 45.1 Å². The molecule has 0 aromatic heterocycles. The lowest BCUT2D eigenvalue weighted by molar-refractivity contribution is -0.139. The van der Waals surface area contributed by atoms with Crippen molar-refractivity contribution in [2.75, 3.05) is 13.7 Å². The summed E-state index contributed by atoms with van der Waals surface area (Å²) in [6.07, 6.45) is 2.65. The molecule has 1 heterocycles. The molecule has 3 amide bonds. The SMILES string of the molecule is CCC[C@H](NC(=O)[C@H](CCc1ccccc1)N(C)C(C)=O)C(=O)C[C@@H](Cc1ccccc1)C(=O)N[C@@H](CC(C)C)C(=O)[C@@]1(C)CO1. The second kappa shape index (κ2) is 17.2. The fourth-order valence-corrected chi connectivity index (χ4v) is 5.69. The monoisotopic (exact) mass is 633 g/mol. The maximum atomic E-state index is 13.9. The van der Waals surface area contributed by atoms with Crippen molar-refractivity contribution in [2.45, 2.75) is 103 Å². The third kappa shape index (κ3) is 10.9. The minimum absolute atomic E-state index is 0.112. The zero-order chi connectivity index (χ0) is 33.9. The largest absolute Gasteiger partial charge is 0.361 e. The van der Waals surface area contributed by atoms with Crippen molar-refractivity contribution in [1.82, 2.24) is 15.5 Å². The van der Waals surface area contributed by atoms with E-state index in [1.165, 1.54) is 11.8 Å². The number of amides is 3. The Balaban J connectivity index is 1.79. The Bertz CT molecular complexity index is 1330. The zero-order valence-corrected chi connectivity index (χ0v) is 28.2. The predicted octanol–water partition coefficient (Wildman–Crippen LogP) is 4.46. The second-order valence-electron chi connectivity index (χ2n) is 13.2. The van der Waals surface area contributed by atoms with Crippen molar-refractivity contribution in [1.29, 1.82) is 0 Å². The van der Waals surface area contributed by atoms with Crippen LogP contribution in [0.1, 0.15) is 77.8 Å². The number of Topliss-reactive ketones (excluding diaryl/α,β-unsaturated/α-hetero) is 2. The van der Waals surface area contributed by atoms with Crippen LogP contribution >= 0.6 is 0 Å². The number of epoxide rings is 1. The highest BCUT2D eigenvalue weighted by atomic mass is 16.6. The molecule has 9 nitrogen and oxygen atoms in total. The first-order valence-corrected chi connectivity index (χ1v) is 16.5. The Labute approximate surface area is 273 Å². The summed E-state index contributed by atoms with van der Waals surface area (Å²) in [5.41, 5.74) is 1.04. The van der Waals surface area contributed by atoms with Crippen LogP contribution < -0.4 is 10.6 Å². The molecule has 0 unspecified atom stereocenters. The molecule has 5 atom stereocenters. The summed E-state index contributed by atoms with van der Waals surface area (Å²) in [6.45, 7) is 9.37. The molecule has 0 aliphatic carbocycles. The summed E-state index contributed by atoms with van der Waals surface area (Å²) >= 11 is 0. The fourth-order valence-electron chi connectivity index (χ4n) is 5.69. The van der Waals surface area contributed by atoms with E-state index in [1.807, 2.05) is 81.4 Å². The molecule has 1 aliphatic heterocycles. The lowest BCUT2D eigenvalue weighted by Gasteiger charge is -2.29. The average molecular weight is 634 g/mol. The summed E-state index contributed by atoms with van der Waals surface area (Å²) in [6, 6.07) is 16.9. The van der Waals surface area contributed by atoms with Crippen molar-refractivity contribution < 1.29 is 28.7 Å². The highest BCUT2D eigenvalue weighted by Gasteiger charge is 2.50. The molecule has 0 bridgehead atoms. The van der Waals surface area contributed by atoms with E-state index in [0.717, 1.165) is 11.1 Å². The molecular weight excluding hydrogens is 582 g/mol. The minimum Gasteiger partial charge on any atom is -0.361 e. The molecule has 0 spiro atoms. The van der Waals surface area contributed by atoms with E-state index in [1.54, 1.807) is 14.0 Å². The molecule has 1 fully saturated rings. The second-order valence-corrected chi connectivity index (χ2v) is 13.2. The number of carbonyl (C=O) groups is 5. The van der Waals surface area contributed by atoms with Gasteiger partial charge < -0.3 is 20.3 Å². The molecule has 1 saturated heterocycles. The van der Waals surface area contributed by atoms with Crippen molar-refractivity contribution >= 4 is 29.3 Å². The summed E-state index contributed by atoms with van der Waals surface area (Å²) in [7, 11) is 1.59. The number of likely N-dealkylation sites (N-methyl/N-ethyl adjacent to an activating group) is 1. The highest BCUT2D eigenvalue weighted by molar-refractivity contribution is 5.98. The van der Waals surface area contributed by atoms with E-state index in [-0.39, 0.29) is 35.7 Å². The molecule has 250 valence electrons. The number of ketones is 2. The predicted molar refractivity (Wildman–Crippen MR) is 178 cm³/mol. The van der Waals surface area contributed by atoms with E-state index in [4.69, 9.17) is 4.74 Å². The van der Waals surface area contributed by atoms with Gasteiger partial charge in [-0.3, -0.25) is 24.0 Å². The van der Waals surface area contributed by atoms with Gasteiger partial charge in [-0.15, -0.1) is 0 Å². The quantitative estimate of drug-likeness (QED) is 0.220. The normalized spacial score (nSPS) is 18.2. The van der Waals surface area contributed by atoms with Gasteiger partial charge in [0.25, 0.3) is 0 Å². The Morgan fingerprint density at radius 1 is 0.870 bits per heavy atom. The molecule has 0 radical (unpaired) electrons. The maximum Gasteiger partial charge on any atom is 0.243 e. The first-order chi connectivity index (χ1) is 21.8. The van der Waals surface area contributed by atoms with Crippen LogP contribution in [0.2, 0.25) is 0 Å².